The number of rotatable bonds is 5. The van der Waals surface area contributed by atoms with Crippen molar-refractivity contribution in [2.75, 3.05) is 21.3 Å². The monoisotopic (exact) mass is 423 g/mol. The van der Waals surface area contributed by atoms with Gasteiger partial charge in [-0.15, -0.1) is 0 Å². The second-order valence-corrected chi connectivity index (χ2v) is 7.55. The van der Waals surface area contributed by atoms with Crippen LogP contribution < -0.4 is 14.2 Å². The van der Waals surface area contributed by atoms with E-state index in [1.807, 2.05) is 38.1 Å². The predicted octanol–water partition coefficient (Wildman–Crippen LogP) is 5.85. The number of benzene rings is 3. The number of halogens is 1. The van der Waals surface area contributed by atoms with Gasteiger partial charge in [-0.1, -0.05) is 23.7 Å². The number of aromatic amines is 1. The van der Waals surface area contributed by atoms with Gasteiger partial charge in [-0.2, -0.15) is 0 Å². The molecule has 0 amide bonds. The van der Waals surface area contributed by atoms with Gasteiger partial charge >= 0.3 is 0 Å². The minimum Gasteiger partial charge on any atom is -0.493 e. The highest BCUT2D eigenvalue weighted by molar-refractivity contribution is 6.36. The van der Waals surface area contributed by atoms with Crippen LogP contribution in [0.4, 0.5) is 0 Å². The number of aryl methyl sites for hydroxylation is 2. The first-order valence-corrected chi connectivity index (χ1v) is 9.83. The SMILES string of the molecule is COc1cc(C(=O)c2cc(C)c3[nH]c4c(Cl)cccc4c3c2C)cc(OC)c1OC. The summed E-state index contributed by atoms with van der Waals surface area (Å²) in [5.41, 5.74) is 4.80. The molecule has 0 aliphatic rings. The van der Waals surface area contributed by atoms with Gasteiger partial charge in [0.2, 0.25) is 5.75 Å². The molecule has 0 saturated carbocycles. The number of aromatic nitrogens is 1. The van der Waals surface area contributed by atoms with Crippen LogP contribution in [0.15, 0.2) is 36.4 Å². The fourth-order valence-electron chi connectivity index (χ4n) is 4.00. The molecule has 1 aromatic heterocycles. The Morgan fingerprint density at radius 2 is 1.60 bits per heavy atom. The van der Waals surface area contributed by atoms with Crippen LogP contribution in [-0.4, -0.2) is 32.1 Å². The molecule has 3 aromatic carbocycles. The van der Waals surface area contributed by atoms with Gasteiger partial charge in [0.05, 0.1) is 31.9 Å². The van der Waals surface area contributed by atoms with Crippen molar-refractivity contribution < 1.29 is 19.0 Å². The summed E-state index contributed by atoms with van der Waals surface area (Å²) in [4.78, 5) is 16.9. The van der Waals surface area contributed by atoms with Crippen LogP contribution in [-0.2, 0) is 0 Å². The summed E-state index contributed by atoms with van der Waals surface area (Å²) in [6.07, 6.45) is 0. The number of ketones is 1. The number of H-pyrrole nitrogens is 1. The van der Waals surface area contributed by atoms with Gasteiger partial charge in [0, 0.05) is 27.4 Å². The number of carbonyl (C=O) groups is 1. The number of methoxy groups -OCH3 is 3. The molecule has 0 aliphatic carbocycles. The maximum atomic E-state index is 13.5. The van der Waals surface area contributed by atoms with Crippen molar-refractivity contribution in [2.24, 2.45) is 0 Å². The van der Waals surface area contributed by atoms with E-state index in [0.29, 0.717) is 33.4 Å². The molecule has 0 saturated heterocycles. The van der Waals surface area contributed by atoms with Gasteiger partial charge in [0.15, 0.2) is 17.3 Å². The number of ether oxygens (including phenoxy) is 3. The number of nitrogens with one attached hydrogen (secondary N) is 1. The largest absolute Gasteiger partial charge is 0.493 e. The first-order valence-electron chi connectivity index (χ1n) is 9.46. The van der Waals surface area contributed by atoms with Crippen molar-refractivity contribution in [2.45, 2.75) is 13.8 Å². The molecular weight excluding hydrogens is 402 g/mol. The highest BCUT2D eigenvalue weighted by Gasteiger charge is 2.22. The average molecular weight is 424 g/mol. The lowest BCUT2D eigenvalue weighted by Gasteiger charge is -2.15. The number of para-hydroxylation sites is 1. The molecule has 4 aromatic rings. The summed E-state index contributed by atoms with van der Waals surface area (Å²) in [7, 11) is 4.59. The Balaban J connectivity index is 1.96. The molecule has 1 heterocycles. The number of fused-ring (bicyclic) bond motifs is 3. The number of carbonyl (C=O) groups excluding carboxylic acids is 1. The highest BCUT2D eigenvalue weighted by atomic mass is 35.5. The molecule has 0 radical (unpaired) electrons. The molecule has 0 spiro atoms. The van der Waals surface area contributed by atoms with Gasteiger partial charge in [-0.3, -0.25) is 4.79 Å². The molecular formula is C24H22ClNO4. The Bertz CT molecular complexity index is 1280. The third-order valence-corrected chi connectivity index (χ3v) is 5.80. The van der Waals surface area contributed by atoms with Crippen LogP contribution in [0.1, 0.15) is 27.0 Å². The lowest BCUT2D eigenvalue weighted by Crippen LogP contribution is -2.07. The zero-order chi connectivity index (χ0) is 21.6. The van der Waals surface area contributed by atoms with Gasteiger partial charge in [-0.05, 0) is 49.2 Å². The fourth-order valence-corrected chi connectivity index (χ4v) is 4.22. The van der Waals surface area contributed by atoms with Crippen LogP contribution >= 0.6 is 11.6 Å². The van der Waals surface area contributed by atoms with Crippen LogP contribution in [0.3, 0.4) is 0 Å². The molecule has 0 aliphatic heterocycles. The number of hydrogen-bond acceptors (Lipinski definition) is 4. The summed E-state index contributed by atoms with van der Waals surface area (Å²) in [6, 6.07) is 11.0. The second-order valence-electron chi connectivity index (χ2n) is 7.15. The first-order chi connectivity index (χ1) is 14.4. The van der Waals surface area contributed by atoms with Crippen molar-refractivity contribution >= 4 is 39.2 Å². The maximum absolute atomic E-state index is 13.5. The van der Waals surface area contributed by atoms with Gasteiger partial charge in [0.25, 0.3) is 0 Å². The van der Waals surface area contributed by atoms with Gasteiger partial charge < -0.3 is 19.2 Å². The van der Waals surface area contributed by atoms with Crippen molar-refractivity contribution in [3.05, 3.63) is 63.7 Å². The van der Waals surface area contributed by atoms with Gasteiger partial charge in [0.1, 0.15) is 0 Å². The van der Waals surface area contributed by atoms with E-state index in [9.17, 15) is 4.79 Å². The molecule has 4 rings (SSSR count). The summed E-state index contributed by atoms with van der Waals surface area (Å²) in [6.45, 7) is 3.94. The third kappa shape index (κ3) is 2.97. The molecule has 154 valence electrons. The van der Waals surface area contributed by atoms with E-state index in [-0.39, 0.29) is 5.78 Å². The Labute approximate surface area is 179 Å². The highest BCUT2D eigenvalue weighted by Crippen LogP contribution is 2.40. The van der Waals surface area contributed by atoms with E-state index < -0.39 is 0 Å². The standard InChI is InChI=1S/C24H22ClNO4/c1-12-9-16(13(2)20-15-7-6-8-17(25)22(15)26-21(12)20)23(27)14-10-18(28-3)24(30-5)19(11-14)29-4/h6-11,26H,1-5H3. The minimum absolute atomic E-state index is 0.117. The summed E-state index contributed by atoms with van der Waals surface area (Å²) in [5, 5.41) is 2.65. The van der Waals surface area contributed by atoms with E-state index in [1.165, 1.54) is 21.3 Å². The summed E-state index contributed by atoms with van der Waals surface area (Å²) in [5.74, 6) is 1.21. The Hall–Kier alpha value is -3.18. The van der Waals surface area contributed by atoms with Crippen LogP contribution in [0.25, 0.3) is 21.8 Å². The Kier molecular flexibility index (Phi) is 5.08. The number of hydrogen-bond donors (Lipinski definition) is 1. The third-order valence-electron chi connectivity index (χ3n) is 5.49. The molecule has 30 heavy (non-hydrogen) atoms. The average Bonchev–Trinajstić information content (AvgIpc) is 3.16. The zero-order valence-electron chi connectivity index (χ0n) is 17.5. The molecule has 6 heteroatoms. The molecule has 1 N–H and O–H groups in total. The smallest absolute Gasteiger partial charge is 0.203 e. The van der Waals surface area contributed by atoms with E-state index in [1.54, 1.807) is 12.1 Å². The van der Waals surface area contributed by atoms with Crippen molar-refractivity contribution in [3.8, 4) is 17.2 Å². The van der Waals surface area contributed by atoms with E-state index >= 15 is 0 Å². The Morgan fingerprint density at radius 1 is 0.933 bits per heavy atom. The van der Waals surface area contributed by atoms with Crippen LogP contribution in [0.2, 0.25) is 5.02 Å². The molecule has 0 unspecified atom stereocenters. The Morgan fingerprint density at radius 3 is 2.20 bits per heavy atom. The molecule has 0 fully saturated rings. The first kappa shape index (κ1) is 20.1. The van der Waals surface area contributed by atoms with Crippen LogP contribution in [0.5, 0.6) is 17.2 Å². The lowest BCUT2D eigenvalue weighted by atomic mass is 9.93. The predicted molar refractivity (Wildman–Crippen MR) is 120 cm³/mol. The van der Waals surface area contributed by atoms with Crippen molar-refractivity contribution in [1.29, 1.82) is 0 Å². The lowest BCUT2D eigenvalue weighted by molar-refractivity contribution is 0.103. The normalized spacial score (nSPS) is 11.1. The van der Waals surface area contributed by atoms with Crippen LogP contribution in [0, 0.1) is 13.8 Å². The quantitative estimate of drug-likeness (QED) is 0.409. The van der Waals surface area contributed by atoms with Gasteiger partial charge in [-0.25, -0.2) is 0 Å². The summed E-state index contributed by atoms with van der Waals surface area (Å²) >= 11 is 6.39. The summed E-state index contributed by atoms with van der Waals surface area (Å²) < 4.78 is 16.2. The maximum Gasteiger partial charge on any atom is 0.203 e. The van der Waals surface area contributed by atoms with E-state index in [4.69, 9.17) is 25.8 Å². The second kappa shape index (κ2) is 7.58. The molecule has 5 nitrogen and oxygen atoms in total. The van der Waals surface area contributed by atoms with E-state index in [0.717, 1.165) is 32.9 Å². The minimum atomic E-state index is -0.117. The fraction of sp³-hybridized carbons (Fsp3) is 0.208. The van der Waals surface area contributed by atoms with Crippen molar-refractivity contribution in [3.63, 3.8) is 0 Å². The van der Waals surface area contributed by atoms with Crippen molar-refractivity contribution in [1.82, 2.24) is 4.98 Å². The molecule has 0 bridgehead atoms. The molecule has 0 atom stereocenters. The topological polar surface area (TPSA) is 60.6 Å². The van der Waals surface area contributed by atoms with E-state index in [2.05, 4.69) is 4.98 Å². The zero-order valence-corrected chi connectivity index (χ0v) is 18.2.